The summed E-state index contributed by atoms with van der Waals surface area (Å²) in [4.78, 5) is 119. The third kappa shape index (κ3) is 16.9. The van der Waals surface area contributed by atoms with E-state index >= 15 is 0 Å². The zero-order valence-corrected chi connectivity index (χ0v) is 39.2. The molecule has 15 N–H and O–H groups in total. The number of anilines is 1. The highest BCUT2D eigenvalue weighted by molar-refractivity contribution is 7.99. The number of aliphatic hydroxyl groups excluding tert-OH is 3. The van der Waals surface area contributed by atoms with Crippen molar-refractivity contribution in [3.8, 4) is 0 Å². The smallest absolute Gasteiger partial charge is 0.480 e. The lowest BCUT2D eigenvalue weighted by Gasteiger charge is -2.30. The van der Waals surface area contributed by atoms with Crippen molar-refractivity contribution >= 4 is 81.8 Å². The fourth-order valence-corrected chi connectivity index (χ4v) is 9.37. The van der Waals surface area contributed by atoms with E-state index < -0.39 is 121 Å². The number of nitrogen functional groups attached to an aromatic ring is 1. The van der Waals surface area contributed by atoms with Crippen LogP contribution in [0.2, 0.25) is 0 Å². The molecule has 1 aliphatic heterocycles. The number of carbonyl (C=O) groups excluding carboxylic acids is 4. The van der Waals surface area contributed by atoms with Gasteiger partial charge in [-0.05, 0) is 0 Å². The molecule has 0 aromatic carbocycles. The molecule has 9 atom stereocenters. The molecule has 1 saturated heterocycles. The fraction of sp³-hybridized carbons (Fsp3) is 0.594. The number of thioether (sulfide) groups is 1. The van der Waals surface area contributed by atoms with Gasteiger partial charge < -0.3 is 76.7 Å². The summed E-state index contributed by atoms with van der Waals surface area (Å²) in [5.74, 6) is -4.59. The highest BCUT2D eigenvalue weighted by Crippen LogP contribution is 2.61. The number of nitrogens with zero attached hydrogens (tertiary/aromatic N) is 5. The number of H-pyrrole nitrogens is 1. The van der Waals surface area contributed by atoms with Crippen molar-refractivity contribution < 1.29 is 100 Å². The van der Waals surface area contributed by atoms with Crippen LogP contribution in [0.15, 0.2) is 25.2 Å². The zero-order chi connectivity index (χ0) is 50.6. The number of aliphatic hydroxyl groups is 3. The number of nitrogens with one attached hydrogen (secondary N) is 5. The summed E-state index contributed by atoms with van der Waals surface area (Å²) in [6, 6.07) is -2.81. The Bertz CT molecular complexity index is 2380. The number of hydrogen-bond acceptors (Lipinski definition) is 22. The van der Waals surface area contributed by atoms with E-state index in [0.29, 0.717) is 5.69 Å². The number of imidazole rings is 2. The molecule has 32 nitrogen and oxygen atoms in total. The average molecular weight is 1050 g/mol. The second-order valence-electron chi connectivity index (χ2n) is 15.1. The van der Waals surface area contributed by atoms with E-state index in [9.17, 15) is 77.7 Å². The standard InChI is InChI=1S/C32H50N11O21P3S/c1-32(2,25(48)29(50)36-4-3-20(45)35-5-6-68-11-21(46)41-18(9-44)28(49)42-17(31(51)52)7-16-8-34-13-37-16)12-61-67(58,59)64-66(56,57)60-10-19-24(63-65(53,54)55)23(47)30(62-19)43-15-40-22-26(33)38-14-39-27(22)43/h8,13-15,17-19,23-25,30,44,47-48H,3-7,9-12H2,1-2H3,(H,34,37)(H,35,45)(H,36,50)(H,41,46)(H,42,49)(H,51,52)(H,56,57)(H,58,59)(H2,33,38,39)(H2,53,54,55)/t17-,18-,19+,23+,24+,25-,30+/m0/s1. The van der Waals surface area contributed by atoms with Crippen LogP contribution in [0.5, 0.6) is 0 Å². The van der Waals surface area contributed by atoms with Crippen LogP contribution in [0.4, 0.5) is 5.82 Å². The molecule has 68 heavy (non-hydrogen) atoms. The topological polar surface area (TPSA) is 491 Å². The number of phosphoric ester groups is 3. The number of rotatable bonds is 28. The summed E-state index contributed by atoms with van der Waals surface area (Å²) in [5.41, 5.74) is 4.58. The number of ether oxygens (including phenoxy) is 1. The van der Waals surface area contributed by atoms with E-state index in [1.807, 2.05) is 0 Å². The van der Waals surface area contributed by atoms with Crippen molar-refractivity contribution in [2.75, 3.05) is 50.1 Å². The molecule has 1 aliphatic rings. The first kappa shape index (κ1) is 56.1. The highest BCUT2D eigenvalue weighted by Gasteiger charge is 2.50. The van der Waals surface area contributed by atoms with Crippen LogP contribution in [0.25, 0.3) is 11.2 Å². The molecule has 0 bridgehead atoms. The number of fused-ring (bicyclic) bond motifs is 1. The molecular weight excluding hydrogens is 999 g/mol. The number of aromatic nitrogens is 6. The zero-order valence-electron chi connectivity index (χ0n) is 35.7. The van der Waals surface area contributed by atoms with E-state index in [1.54, 1.807) is 0 Å². The van der Waals surface area contributed by atoms with Crippen LogP contribution in [0, 0.1) is 5.41 Å². The minimum absolute atomic E-state index is 0.00799. The maximum Gasteiger partial charge on any atom is 0.481 e. The van der Waals surface area contributed by atoms with Gasteiger partial charge >= 0.3 is 29.4 Å². The Labute approximate surface area is 387 Å². The number of aliphatic carboxylic acids is 1. The van der Waals surface area contributed by atoms with Crippen molar-refractivity contribution in [2.45, 2.75) is 69.4 Å². The van der Waals surface area contributed by atoms with E-state index in [4.69, 9.17) is 19.5 Å². The molecule has 2 unspecified atom stereocenters. The lowest BCUT2D eigenvalue weighted by atomic mass is 9.87. The second-order valence-corrected chi connectivity index (χ2v) is 20.4. The second kappa shape index (κ2) is 24.3. The summed E-state index contributed by atoms with van der Waals surface area (Å²) in [6.45, 7) is -0.745. The van der Waals surface area contributed by atoms with Crippen LogP contribution < -0.4 is 27.0 Å². The molecule has 0 saturated carbocycles. The van der Waals surface area contributed by atoms with Gasteiger partial charge in [-0.1, -0.05) is 13.8 Å². The lowest BCUT2D eigenvalue weighted by molar-refractivity contribution is -0.142. The van der Waals surface area contributed by atoms with Crippen LogP contribution >= 0.6 is 35.2 Å². The number of hydrogen-bond donors (Lipinski definition) is 14. The number of carbonyl (C=O) groups is 5. The first-order valence-corrected chi connectivity index (χ1v) is 25.3. The summed E-state index contributed by atoms with van der Waals surface area (Å²) in [7, 11) is -16.5. The number of amides is 4. The number of carboxylic acid groups (broad SMARTS) is 1. The normalized spacial score (nSPS) is 20.7. The number of carboxylic acids is 1. The quantitative estimate of drug-likeness (QED) is 0.0245. The molecule has 0 aliphatic carbocycles. The molecule has 0 spiro atoms. The predicted octanol–water partition coefficient (Wildman–Crippen LogP) is -3.85. The Hall–Kier alpha value is -4.53. The fourth-order valence-electron chi connectivity index (χ4n) is 5.89. The third-order valence-electron chi connectivity index (χ3n) is 9.31. The summed E-state index contributed by atoms with van der Waals surface area (Å²) < 4.78 is 62.2. The molecule has 4 heterocycles. The van der Waals surface area contributed by atoms with Crippen molar-refractivity contribution in [1.82, 2.24) is 50.8 Å². The number of nitrogens with two attached hydrogens (primary N) is 1. The number of phosphoric acid groups is 3. The predicted molar refractivity (Wildman–Crippen MR) is 228 cm³/mol. The van der Waals surface area contributed by atoms with E-state index in [1.165, 1.54) is 26.4 Å². The van der Waals surface area contributed by atoms with Gasteiger partial charge in [0.05, 0.1) is 38.2 Å². The SMILES string of the molecule is CC(C)(COP(=O)(O)OP(=O)(O)OC[C@H]1O[C@@H](n2cnc3c(N)ncnc32)[C@H](O)[C@@H]1OP(=O)(O)O)[C@@H](O)C(=O)NCCC(=O)NCCSCC(=O)N[C@@H](CO)C(=O)N[C@@H](Cc1cnc[nH]1)C(=O)O. The van der Waals surface area contributed by atoms with Gasteiger partial charge in [-0.15, -0.1) is 0 Å². The van der Waals surface area contributed by atoms with E-state index in [2.05, 4.69) is 55.0 Å². The Balaban J connectivity index is 1.15. The molecule has 4 amide bonds. The first-order chi connectivity index (χ1) is 31.7. The van der Waals surface area contributed by atoms with Crippen molar-refractivity contribution in [2.24, 2.45) is 5.41 Å². The largest absolute Gasteiger partial charge is 0.481 e. The maximum absolute atomic E-state index is 12.7. The summed E-state index contributed by atoms with van der Waals surface area (Å²) >= 11 is 1.05. The minimum Gasteiger partial charge on any atom is -0.480 e. The van der Waals surface area contributed by atoms with Gasteiger partial charge in [0.15, 0.2) is 17.7 Å². The average Bonchev–Trinajstić information content (AvgIpc) is 4.00. The minimum atomic E-state index is -5.62. The van der Waals surface area contributed by atoms with Gasteiger partial charge in [0, 0.05) is 49.0 Å². The monoisotopic (exact) mass is 1050 g/mol. The van der Waals surface area contributed by atoms with Crippen LogP contribution in [0.3, 0.4) is 0 Å². The highest BCUT2D eigenvalue weighted by atomic mass is 32.2. The first-order valence-electron chi connectivity index (χ1n) is 19.6. The Kier molecular flexibility index (Phi) is 20.1. The van der Waals surface area contributed by atoms with Gasteiger partial charge in [0.1, 0.15) is 48.3 Å². The Morgan fingerprint density at radius 2 is 1.69 bits per heavy atom. The molecule has 4 rings (SSSR count). The van der Waals surface area contributed by atoms with Crippen LogP contribution in [0.1, 0.15) is 32.2 Å². The number of aromatic amines is 1. The maximum atomic E-state index is 12.7. The third-order valence-corrected chi connectivity index (χ3v) is 13.4. The molecule has 380 valence electrons. The van der Waals surface area contributed by atoms with Crippen molar-refractivity contribution in [3.05, 3.63) is 30.9 Å². The van der Waals surface area contributed by atoms with Gasteiger partial charge in [0.25, 0.3) is 0 Å². The molecule has 1 fully saturated rings. The molecule has 0 radical (unpaired) electrons. The van der Waals surface area contributed by atoms with Crippen molar-refractivity contribution in [3.63, 3.8) is 0 Å². The molecular formula is C32H50N11O21P3S. The van der Waals surface area contributed by atoms with Gasteiger partial charge in [0.2, 0.25) is 23.6 Å². The van der Waals surface area contributed by atoms with Gasteiger partial charge in [-0.3, -0.25) is 37.3 Å². The molecule has 36 heteroatoms. The Morgan fingerprint density at radius 3 is 2.34 bits per heavy atom. The van der Waals surface area contributed by atoms with E-state index in [-0.39, 0.29) is 54.4 Å². The van der Waals surface area contributed by atoms with Crippen molar-refractivity contribution in [1.29, 1.82) is 0 Å². The van der Waals surface area contributed by atoms with Gasteiger partial charge in [-0.25, -0.2) is 38.4 Å². The van der Waals surface area contributed by atoms with E-state index in [0.717, 1.165) is 29.0 Å². The summed E-state index contributed by atoms with van der Waals surface area (Å²) in [5, 5.41) is 49.9. The summed E-state index contributed by atoms with van der Waals surface area (Å²) in [6.07, 6.45) is -4.69. The molecule has 3 aromatic rings. The molecule has 3 aromatic heterocycles. The van der Waals surface area contributed by atoms with Gasteiger partial charge in [-0.2, -0.15) is 16.1 Å². The lowest BCUT2D eigenvalue weighted by Crippen LogP contribution is -2.54. The van der Waals surface area contributed by atoms with Crippen LogP contribution in [-0.4, -0.2) is 180 Å². The Morgan fingerprint density at radius 1 is 0.985 bits per heavy atom. The van der Waals surface area contributed by atoms with Crippen LogP contribution in [-0.2, 0) is 66.7 Å².